The fourth-order valence-electron chi connectivity index (χ4n) is 3.22. The van der Waals surface area contributed by atoms with Crippen LogP contribution in [-0.2, 0) is 9.53 Å². The Hall–Kier alpha value is -1.46. The lowest BCUT2D eigenvalue weighted by Gasteiger charge is -2.20. The number of thiocarbonyl (C=S) groups is 1. The maximum Gasteiger partial charge on any atom is 0.256 e. The quantitative estimate of drug-likeness (QED) is 0.259. The lowest BCUT2D eigenvalue weighted by Crippen LogP contribution is -2.21. The van der Waals surface area contributed by atoms with Crippen LogP contribution in [0.5, 0.6) is 0 Å². The van der Waals surface area contributed by atoms with Gasteiger partial charge < -0.3 is 15.2 Å². The van der Waals surface area contributed by atoms with Crippen molar-refractivity contribution < 1.29 is 14.6 Å². The second-order valence-corrected chi connectivity index (χ2v) is 8.08. The van der Waals surface area contributed by atoms with Crippen LogP contribution in [0.3, 0.4) is 0 Å². The first kappa shape index (κ1) is 24.6. The Kier molecular flexibility index (Phi) is 12.0. The summed E-state index contributed by atoms with van der Waals surface area (Å²) in [6.45, 7) is 4.63. The van der Waals surface area contributed by atoms with Gasteiger partial charge in [-0.3, -0.25) is 4.79 Å². The Morgan fingerprint density at radius 3 is 2.82 bits per heavy atom. The first-order chi connectivity index (χ1) is 13.4. The molecule has 1 aliphatic carbocycles. The van der Waals surface area contributed by atoms with E-state index < -0.39 is 5.60 Å². The van der Waals surface area contributed by atoms with Gasteiger partial charge in [-0.05, 0) is 57.3 Å². The van der Waals surface area contributed by atoms with Crippen LogP contribution in [0.4, 0.5) is 0 Å². The highest BCUT2D eigenvalue weighted by molar-refractivity contribution is 7.80. The van der Waals surface area contributed by atoms with E-state index in [1.165, 1.54) is 0 Å². The van der Waals surface area contributed by atoms with Crippen LogP contribution in [0.15, 0.2) is 36.5 Å². The lowest BCUT2D eigenvalue weighted by molar-refractivity contribution is -0.117. The van der Waals surface area contributed by atoms with Gasteiger partial charge >= 0.3 is 0 Å². The summed E-state index contributed by atoms with van der Waals surface area (Å²) in [7, 11) is 1.75. The molecule has 0 unspecified atom stereocenters. The molecule has 0 saturated carbocycles. The third kappa shape index (κ3) is 10.2. The van der Waals surface area contributed by atoms with Gasteiger partial charge in [0.1, 0.15) is 0 Å². The minimum Gasteiger partial charge on any atom is -0.471 e. The number of rotatable bonds is 13. The molecule has 0 radical (unpaired) electrons. The van der Waals surface area contributed by atoms with Crippen molar-refractivity contribution in [3.05, 3.63) is 36.5 Å². The van der Waals surface area contributed by atoms with Gasteiger partial charge in [-0.15, -0.1) is 0 Å². The topological polar surface area (TPSA) is 58.6 Å². The van der Waals surface area contributed by atoms with Crippen LogP contribution >= 0.6 is 12.2 Å². The molecule has 3 atom stereocenters. The third-order valence-electron chi connectivity index (χ3n) is 5.04. The van der Waals surface area contributed by atoms with Gasteiger partial charge in [0.05, 0.1) is 12.2 Å². The second kappa shape index (κ2) is 13.7. The molecule has 0 aromatic heterocycles. The van der Waals surface area contributed by atoms with Gasteiger partial charge in [-0.25, -0.2) is 0 Å². The summed E-state index contributed by atoms with van der Waals surface area (Å²) in [6, 6.07) is 0. The van der Waals surface area contributed by atoms with E-state index in [4.69, 9.17) is 17.0 Å². The molecule has 4 nitrogen and oxygen atoms in total. The summed E-state index contributed by atoms with van der Waals surface area (Å²) in [4.78, 5) is 12.2. The molecule has 0 heterocycles. The number of hydrogen-bond acceptors (Lipinski definition) is 4. The monoisotopic (exact) mass is 407 g/mol. The van der Waals surface area contributed by atoms with E-state index >= 15 is 0 Å². The molecule has 0 spiro atoms. The van der Waals surface area contributed by atoms with E-state index in [1.54, 1.807) is 13.1 Å². The predicted molar refractivity (Wildman–Crippen MR) is 120 cm³/mol. The number of ether oxygens (including phenoxy) is 1. The van der Waals surface area contributed by atoms with E-state index in [9.17, 15) is 9.90 Å². The highest BCUT2D eigenvalue weighted by Crippen LogP contribution is 2.28. The summed E-state index contributed by atoms with van der Waals surface area (Å²) >= 11 is 4.92. The van der Waals surface area contributed by atoms with Crippen molar-refractivity contribution >= 4 is 23.2 Å². The van der Waals surface area contributed by atoms with Gasteiger partial charge in [-0.1, -0.05) is 56.6 Å². The fraction of sp³-hybridized carbons (Fsp3) is 0.652. The Morgan fingerprint density at radius 1 is 1.32 bits per heavy atom. The van der Waals surface area contributed by atoms with Crippen molar-refractivity contribution in [2.24, 2.45) is 11.8 Å². The first-order valence-electron chi connectivity index (χ1n) is 10.5. The minimum absolute atomic E-state index is 0.0460. The number of unbranched alkanes of at least 4 members (excludes halogenated alkanes) is 4. The molecule has 5 heteroatoms. The van der Waals surface area contributed by atoms with Gasteiger partial charge in [-0.2, -0.15) is 0 Å². The Morgan fingerprint density at radius 2 is 2.11 bits per heavy atom. The number of aliphatic hydroxyl groups is 1. The normalized spacial score (nSPS) is 21.5. The Bertz CT molecular complexity index is 566. The molecule has 0 aromatic carbocycles. The zero-order valence-corrected chi connectivity index (χ0v) is 18.5. The molecule has 0 saturated heterocycles. The van der Waals surface area contributed by atoms with Crippen LogP contribution in [0.2, 0.25) is 0 Å². The molecule has 158 valence electrons. The number of hydrogen-bond donors (Lipinski definition) is 2. The number of carbonyl (C=O) groups excluding carboxylic acids is 1. The van der Waals surface area contributed by atoms with Crippen LogP contribution < -0.4 is 5.32 Å². The number of ketones is 1. The van der Waals surface area contributed by atoms with Crippen LogP contribution in [0, 0.1) is 11.8 Å². The van der Waals surface area contributed by atoms with Crippen molar-refractivity contribution in [3.63, 3.8) is 0 Å². The number of allylic oxidation sites excluding steroid dienone is 5. The van der Waals surface area contributed by atoms with E-state index in [1.807, 2.05) is 25.2 Å². The van der Waals surface area contributed by atoms with E-state index in [0.717, 1.165) is 51.4 Å². The largest absolute Gasteiger partial charge is 0.471 e. The summed E-state index contributed by atoms with van der Waals surface area (Å²) in [6.07, 6.45) is 19.5. The van der Waals surface area contributed by atoms with Crippen LogP contribution in [-0.4, -0.2) is 35.3 Å². The summed E-state index contributed by atoms with van der Waals surface area (Å²) in [5, 5.41) is 13.7. The Balaban J connectivity index is 2.35. The average Bonchev–Trinajstić information content (AvgIpc) is 3.02. The zero-order valence-electron chi connectivity index (χ0n) is 17.7. The molecule has 0 fully saturated rings. The highest BCUT2D eigenvalue weighted by atomic mass is 32.1. The second-order valence-electron chi connectivity index (χ2n) is 7.71. The molecule has 0 aliphatic heterocycles. The molecule has 0 amide bonds. The molecular formula is C23H37NO3S. The van der Waals surface area contributed by atoms with Gasteiger partial charge in [0.2, 0.25) is 0 Å². The average molecular weight is 408 g/mol. The summed E-state index contributed by atoms with van der Waals surface area (Å²) in [5.41, 5.74) is -0.799. The molecular weight excluding hydrogens is 370 g/mol. The minimum atomic E-state index is -0.799. The van der Waals surface area contributed by atoms with Crippen molar-refractivity contribution in [1.82, 2.24) is 5.32 Å². The van der Waals surface area contributed by atoms with Gasteiger partial charge in [0, 0.05) is 18.9 Å². The summed E-state index contributed by atoms with van der Waals surface area (Å²) in [5.74, 6) is 0.208. The number of carbonyl (C=O) groups is 1. The lowest BCUT2D eigenvalue weighted by atomic mass is 9.88. The first-order valence-corrected chi connectivity index (χ1v) is 10.9. The summed E-state index contributed by atoms with van der Waals surface area (Å²) < 4.78 is 5.31. The maximum atomic E-state index is 12.2. The highest BCUT2D eigenvalue weighted by Gasteiger charge is 2.28. The standard InChI is InChI=1S/C23H37NO3S/c1-4-5-10-16-23(2,26)17-15-19-13-14-21(25)20(19)12-9-7-6-8-11-18-27-22(28)24-3/h7,9,13-15,17,19-20,26H,4-6,8,10-12,16,18H2,1-3H3,(H,24,28)/b9-7-,17-15+/t19-,20-,23+/m1/s1. The van der Waals surface area contributed by atoms with E-state index in [-0.39, 0.29) is 17.6 Å². The zero-order chi connectivity index (χ0) is 20.8. The molecule has 0 bridgehead atoms. The van der Waals surface area contributed by atoms with Crippen molar-refractivity contribution in [2.75, 3.05) is 13.7 Å². The van der Waals surface area contributed by atoms with Crippen LogP contribution in [0.25, 0.3) is 0 Å². The smallest absolute Gasteiger partial charge is 0.256 e. The molecule has 0 aromatic rings. The maximum absolute atomic E-state index is 12.2. The van der Waals surface area contributed by atoms with Crippen molar-refractivity contribution in [1.29, 1.82) is 0 Å². The Labute approximate surface area is 176 Å². The van der Waals surface area contributed by atoms with Gasteiger partial charge in [0.25, 0.3) is 5.17 Å². The number of nitrogens with one attached hydrogen (secondary N) is 1. The predicted octanol–water partition coefficient (Wildman–Crippen LogP) is 4.88. The van der Waals surface area contributed by atoms with Gasteiger partial charge in [0.15, 0.2) is 5.78 Å². The third-order valence-corrected chi connectivity index (χ3v) is 5.36. The van der Waals surface area contributed by atoms with Crippen molar-refractivity contribution in [3.8, 4) is 0 Å². The van der Waals surface area contributed by atoms with E-state index in [0.29, 0.717) is 11.8 Å². The van der Waals surface area contributed by atoms with E-state index in [2.05, 4.69) is 24.4 Å². The molecule has 1 rings (SSSR count). The van der Waals surface area contributed by atoms with Crippen molar-refractivity contribution in [2.45, 2.75) is 70.8 Å². The van der Waals surface area contributed by atoms with Crippen LogP contribution in [0.1, 0.15) is 65.2 Å². The fourth-order valence-corrected chi connectivity index (χ4v) is 3.30. The molecule has 28 heavy (non-hydrogen) atoms. The molecule has 1 aliphatic rings. The SMILES string of the molecule is CCCCC[C@](C)(O)/C=C/[C@H]1C=CC(=O)[C@@H]1C/C=C\CCCCOC(=S)NC. The molecule has 2 N–H and O–H groups in total.